The van der Waals surface area contributed by atoms with Gasteiger partial charge in [-0.3, -0.25) is 0 Å². The van der Waals surface area contributed by atoms with E-state index in [-0.39, 0.29) is 4.83 Å². The molecule has 1 N–H and O–H groups in total. The minimum atomic E-state index is -3.41. The predicted molar refractivity (Wildman–Crippen MR) is 77.4 cm³/mol. The van der Waals surface area contributed by atoms with Crippen LogP contribution in [0.3, 0.4) is 0 Å². The molecule has 1 heterocycles. The Morgan fingerprint density at radius 3 is 2.53 bits per heavy atom. The van der Waals surface area contributed by atoms with E-state index in [0.29, 0.717) is 32.8 Å². The fraction of sp³-hybridized carbons (Fsp3) is 0.500. The van der Waals surface area contributed by atoms with Crippen molar-refractivity contribution in [2.24, 2.45) is 0 Å². The molecule has 5 nitrogen and oxygen atoms in total. The Labute approximate surface area is 122 Å². The standard InChI is InChI=1S/C12H17BrN2O3S/c13-12(11-4-2-1-3-5-11)10-14-19(16,17)15-6-8-18-9-7-15/h1-5,12,14H,6-10H2. The minimum absolute atomic E-state index is 0.0375. The average molecular weight is 349 g/mol. The number of rotatable bonds is 5. The summed E-state index contributed by atoms with van der Waals surface area (Å²) >= 11 is 3.49. The highest BCUT2D eigenvalue weighted by Crippen LogP contribution is 2.21. The predicted octanol–water partition coefficient (Wildman–Crippen LogP) is 1.29. The molecule has 1 aliphatic heterocycles. The van der Waals surface area contributed by atoms with Crippen LogP contribution in [0.15, 0.2) is 30.3 Å². The molecule has 1 aromatic carbocycles. The van der Waals surface area contributed by atoms with Crippen LogP contribution >= 0.6 is 15.9 Å². The lowest BCUT2D eigenvalue weighted by atomic mass is 10.2. The number of nitrogens with one attached hydrogen (secondary N) is 1. The lowest BCUT2D eigenvalue weighted by Crippen LogP contribution is -2.47. The third-order valence-corrected chi connectivity index (χ3v) is 5.35. The normalized spacial score (nSPS) is 19.2. The number of halogens is 1. The van der Waals surface area contributed by atoms with Gasteiger partial charge in [0.25, 0.3) is 10.2 Å². The van der Waals surface area contributed by atoms with Crippen molar-refractivity contribution >= 4 is 26.1 Å². The van der Waals surface area contributed by atoms with Gasteiger partial charge < -0.3 is 4.74 Å². The van der Waals surface area contributed by atoms with Gasteiger partial charge in [-0.25, -0.2) is 4.72 Å². The lowest BCUT2D eigenvalue weighted by Gasteiger charge is -2.26. The first-order chi connectivity index (χ1) is 9.09. The average Bonchev–Trinajstić information content (AvgIpc) is 2.47. The van der Waals surface area contributed by atoms with E-state index in [9.17, 15) is 8.42 Å². The molecule has 2 rings (SSSR count). The second-order valence-corrected chi connectivity index (χ2v) is 7.10. The zero-order chi connectivity index (χ0) is 13.7. The Kier molecular flexibility index (Phi) is 5.35. The van der Waals surface area contributed by atoms with Gasteiger partial charge in [0.1, 0.15) is 0 Å². The number of hydrogen-bond donors (Lipinski definition) is 1. The molecule has 0 radical (unpaired) electrons. The van der Waals surface area contributed by atoms with Gasteiger partial charge in [-0.05, 0) is 5.56 Å². The van der Waals surface area contributed by atoms with E-state index < -0.39 is 10.2 Å². The van der Waals surface area contributed by atoms with E-state index >= 15 is 0 Å². The highest BCUT2D eigenvalue weighted by molar-refractivity contribution is 9.09. The van der Waals surface area contributed by atoms with Crippen molar-refractivity contribution < 1.29 is 13.2 Å². The smallest absolute Gasteiger partial charge is 0.279 e. The van der Waals surface area contributed by atoms with Crippen LogP contribution < -0.4 is 4.72 Å². The summed E-state index contributed by atoms with van der Waals surface area (Å²) in [6.07, 6.45) is 0. The zero-order valence-electron chi connectivity index (χ0n) is 10.5. The van der Waals surface area contributed by atoms with Crippen LogP contribution in [0, 0.1) is 0 Å². The molecule has 106 valence electrons. The Hall–Kier alpha value is -0.470. The highest BCUT2D eigenvalue weighted by atomic mass is 79.9. The number of hydrogen-bond acceptors (Lipinski definition) is 3. The Morgan fingerprint density at radius 2 is 1.89 bits per heavy atom. The van der Waals surface area contributed by atoms with Gasteiger partial charge in [0, 0.05) is 19.6 Å². The van der Waals surface area contributed by atoms with Gasteiger partial charge in [0.15, 0.2) is 0 Å². The molecule has 1 saturated heterocycles. The second-order valence-electron chi connectivity index (χ2n) is 4.24. The largest absolute Gasteiger partial charge is 0.379 e. The first-order valence-electron chi connectivity index (χ1n) is 6.11. The van der Waals surface area contributed by atoms with Crippen LogP contribution in [-0.4, -0.2) is 45.6 Å². The first kappa shape index (κ1) is 14.9. The van der Waals surface area contributed by atoms with Crippen LogP contribution in [0.2, 0.25) is 0 Å². The van der Waals surface area contributed by atoms with E-state index in [0.717, 1.165) is 5.56 Å². The Balaban J connectivity index is 1.90. The van der Waals surface area contributed by atoms with Crippen molar-refractivity contribution in [3.8, 4) is 0 Å². The topological polar surface area (TPSA) is 58.6 Å². The number of alkyl halides is 1. The van der Waals surface area contributed by atoms with Gasteiger partial charge >= 0.3 is 0 Å². The summed E-state index contributed by atoms with van der Waals surface area (Å²) in [5.41, 5.74) is 1.05. The van der Waals surface area contributed by atoms with Crippen molar-refractivity contribution in [2.45, 2.75) is 4.83 Å². The summed E-state index contributed by atoms with van der Waals surface area (Å²) in [5.74, 6) is 0. The molecule has 1 unspecified atom stereocenters. The summed E-state index contributed by atoms with van der Waals surface area (Å²) in [6.45, 7) is 2.06. The van der Waals surface area contributed by atoms with E-state index in [1.54, 1.807) is 0 Å². The molecule has 1 aromatic rings. The van der Waals surface area contributed by atoms with Crippen LogP contribution in [0.25, 0.3) is 0 Å². The zero-order valence-corrected chi connectivity index (χ0v) is 12.9. The van der Waals surface area contributed by atoms with Crippen molar-refractivity contribution in [3.63, 3.8) is 0 Å². The van der Waals surface area contributed by atoms with Crippen LogP contribution in [-0.2, 0) is 14.9 Å². The first-order valence-corrected chi connectivity index (χ1v) is 8.46. The summed E-state index contributed by atoms with van der Waals surface area (Å²) < 4.78 is 33.3. The summed E-state index contributed by atoms with van der Waals surface area (Å²) in [6, 6.07) is 9.71. The SMILES string of the molecule is O=S(=O)(NCC(Br)c1ccccc1)N1CCOCC1. The Bertz CT molecular complexity index is 489. The summed E-state index contributed by atoms with van der Waals surface area (Å²) in [7, 11) is -3.41. The van der Waals surface area contributed by atoms with Crippen LogP contribution in [0.4, 0.5) is 0 Å². The quantitative estimate of drug-likeness (QED) is 0.815. The van der Waals surface area contributed by atoms with E-state index in [4.69, 9.17) is 4.74 Å². The highest BCUT2D eigenvalue weighted by Gasteiger charge is 2.24. The maximum atomic E-state index is 12.1. The van der Waals surface area contributed by atoms with Crippen molar-refractivity contribution in [2.75, 3.05) is 32.8 Å². The third-order valence-electron chi connectivity index (χ3n) is 2.92. The number of nitrogens with zero attached hydrogens (tertiary/aromatic N) is 1. The van der Waals surface area contributed by atoms with E-state index in [2.05, 4.69) is 20.7 Å². The molecule has 7 heteroatoms. The Morgan fingerprint density at radius 1 is 1.26 bits per heavy atom. The summed E-state index contributed by atoms with van der Waals surface area (Å²) in [5, 5.41) is 0. The van der Waals surface area contributed by atoms with Crippen LogP contribution in [0.1, 0.15) is 10.4 Å². The van der Waals surface area contributed by atoms with E-state index in [1.165, 1.54) is 4.31 Å². The van der Waals surface area contributed by atoms with Gasteiger partial charge in [0.05, 0.1) is 18.0 Å². The number of benzene rings is 1. The lowest BCUT2D eigenvalue weighted by molar-refractivity contribution is 0.0725. The molecule has 1 atom stereocenters. The fourth-order valence-electron chi connectivity index (χ4n) is 1.84. The molecule has 1 fully saturated rings. The van der Waals surface area contributed by atoms with Gasteiger partial charge in [0.2, 0.25) is 0 Å². The molecule has 0 bridgehead atoms. The molecular weight excluding hydrogens is 332 g/mol. The van der Waals surface area contributed by atoms with Crippen molar-refractivity contribution in [1.82, 2.24) is 9.03 Å². The van der Waals surface area contributed by atoms with Gasteiger partial charge in [-0.15, -0.1) is 0 Å². The molecule has 0 amide bonds. The van der Waals surface area contributed by atoms with Crippen LogP contribution in [0.5, 0.6) is 0 Å². The molecule has 1 aliphatic rings. The molecule has 19 heavy (non-hydrogen) atoms. The third kappa shape index (κ3) is 4.25. The second kappa shape index (κ2) is 6.81. The van der Waals surface area contributed by atoms with Crippen molar-refractivity contribution in [1.29, 1.82) is 0 Å². The summed E-state index contributed by atoms with van der Waals surface area (Å²) in [4.78, 5) is -0.0375. The molecular formula is C12H17BrN2O3S. The molecule has 0 spiro atoms. The van der Waals surface area contributed by atoms with Crippen molar-refractivity contribution in [3.05, 3.63) is 35.9 Å². The monoisotopic (exact) mass is 348 g/mol. The van der Waals surface area contributed by atoms with E-state index in [1.807, 2.05) is 30.3 Å². The van der Waals surface area contributed by atoms with Gasteiger partial charge in [-0.1, -0.05) is 46.3 Å². The fourth-order valence-corrected chi connectivity index (χ4v) is 3.71. The maximum absolute atomic E-state index is 12.1. The molecule has 0 saturated carbocycles. The molecule has 0 aliphatic carbocycles. The number of morpholine rings is 1. The maximum Gasteiger partial charge on any atom is 0.279 e. The number of ether oxygens (including phenoxy) is 1. The van der Waals surface area contributed by atoms with Gasteiger partial charge in [-0.2, -0.15) is 12.7 Å². The molecule has 0 aromatic heterocycles. The minimum Gasteiger partial charge on any atom is -0.379 e.